The van der Waals surface area contributed by atoms with Gasteiger partial charge in [0.1, 0.15) is 5.60 Å². The van der Waals surface area contributed by atoms with Crippen molar-refractivity contribution in [1.82, 2.24) is 10.2 Å². The molecule has 0 aliphatic carbocycles. The molecule has 0 aromatic heterocycles. The van der Waals surface area contributed by atoms with Crippen molar-refractivity contribution in [3.63, 3.8) is 0 Å². The standard InChI is InChI=1S/C21H29F3N2O5/c1-21(2,3)31-20(28)26-8-5-6-13(12-26)18(30-9-7-25-19(27)29-4)14-10-15(22)17(24)16(23)11-14/h10-11,13,18H,5-9,12H2,1-4H3,(H,25,27)/t13-,18-/m1/s1. The number of carbonyl (C=O) groups excluding carboxylic acids is 2. The Hall–Kier alpha value is -2.49. The number of ether oxygens (including phenoxy) is 3. The molecule has 0 saturated carbocycles. The van der Waals surface area contributed by atoms with Gasteiger partial charge in [0.15, 0.2) is 17.5 Å². The first-order valence-electron chi connectivity index (χ1n) is 10.1. The van der Waals surface area contributed by atoms with Crippen molar-refractivity contribution in [2.75, 3.05) is 33.4 Å². The van der Waals surface area contributed by atoms with Crippen LogP contribution in [-0.4, -0.2) is 56.0 Å². The van der Waals surface area contributed by atoms with Gasteiger partial charge in [-0.1, -0.05) is 0 Å². The molecule has 10 heteroatoms. The number of nitrogens with zero attached hydrogens (tertiary/aromatic N) is 1. The molecule has 1 heterocycles. The van der Waals surface area contributed by atoms with Gasteiger partial charge in [-0.3, -0.25) is 0 Å². The van der Waals surface area contributed by atoms with Gasteiger partial charge in [-0.2, -0.15) is 0 Å². The predicted octanol–water partition coefficient (Wildman–Crippen LogP) is 4.16. The molecule has 0 spiro atoms. The minimum Gasteiger partial charge on any atom is -0.453 e. The second-order valence-electron chi connectivity index (χ2n) is 8.34. The van der Waals surface area contributed by atoms with Gasteiger partial charge in [0.05, 0.1) is 19.8 Å². The lowest BCUT2D eigenvalue weighted by atomic mass is 9.88. The molecule has 1 aromatic rings. The molecular formula is C21H29F3N2O5. The Morgan fingerprint density at radius 2 is 1.87 bits per heavy atom. The van der Waals surface area contributed by atoms with Crippen molar-refractivity contribution in [2.45, 2.75) is 45.3 Å². The number of benzene rings is 1. The first kappa shape index (κ1) is 24.8. The van der Waals surface area contributed by atoms with Crippen LogP contribution in [0.2, 0.25) is 0 Å². The van der Waals surface area contributed by atoms with Crippen molar-refractivity contribution in [2.24, 2.45) is 5.92 Å². The number of halogens is 3. The van der Waals surface area contributed by atoms with E-state index in [0.29, 0.717) is 19.4 Å². The fraction of sp³-hybridized carbons (Fsp3) is 0.619. The Labute approximate surface area is 179 Å². The Morgan fingerprint density at radius 1 is 1.23 bits per heavy atom. The molecule has 1 N–H and O–H groups in total. The first-order chi connectivity index (χ1) is 14.5. The summed E-state index contributed by atoms with van der Waals surface area (Å²) in [7, 11) is 1.22. The Kier molecular flexibility index (Phi) is 8.55. The SMILES string of the molecule is COC(=O)NCCO[C@@H](c1cc(F)c(F)c(F)c1)[C@@H]1CCCN(C(=O)OC(C)(C)C)C1. The minimum atomic E-state index is -1.56. The molecule has 174 valence electrons. The predicted molar refractivity (Wildman–Crippen MR) is 106 cm³/mol. The van der Waals surface area contributed by atoms with Crippen molar-refractivity contribution in [3.8, 4) is 0 Å². The van der Waals surface area contributed by atoms with Crippen LogP contribution in [-0.2, 0) is 14.2 Å². The Bertz CT molecular complexity index is 762. The highest BCUT2D eigenvalue weighted by molar-refractivity contribution is 5.68. The Morgan fingerprint density at radius 3 is 2.45 bits per heavy atom. The fourth-order valence-electron chi connectivity index (χ4n) is 3.40. The summed E-state index contributed by atoms with van der Waals surface area (Å²) >= 11 is 0. The number of carbonyl (C=O) groups is 2. The summed E-state index contributed by atoms with van der Waals surface area (Å²) in [5.74, 6) is -4.52. The number of amides is 2. The number of likely N-dealkylation sites (tertiary alicyclic amines) is 1. The zero-order valence-electron chi connectivity index (χ0n) is 18.2. The third-order valence-electron chi connectivity index (χ3n) is 4.73. The van der Waals surface area contributed by atoms with E-state index in [1.807, 2.05) is 0 Å². The van der Waals surface area contributed by atoms with Gasteiger partial charge in [-0.15, -0.1) is 0 Å². The molecule has 0 radical (unpaired) electrons. The lowest BCUT2D eigenvalue weighted by Crippen LogP contribution is -2.44. The quantitative estimate of drug-likeness (QED) is 0.524. The van der Waals surface area contributed by atoms with Gasteiger partial charge >= 0.3 is 12.2 Å². The number of alkyl carbamates (subject to hydrolysis) is 1. The van der Waals surface area contributed by atoms with Gasteiger partial charge in [-0.25, -0.2) is 22.8 Å². The fourth-order valence-corrected chi connectivity index (χ4v) is 3.40. The molecule has 2 atom stereocenters. The molecule has 1 fully saturated rings. The van der Waals surface area contributed by atoms with Crippen LogP contribution in [0.5, 0.6) is 0 Å². The third-order valence-corrected chi connectivity index (χ3v) is 4.73. The zero-order valence-corrected chi connectivity index (χ0v) is 18.2. The molecule has 2 amide bonds. The second-order valence-corrected chi connectivity index (χ2v) is 8.34. The average molecular weight is 446 g/mol. The molecule has 1 aliphatic heterocycles. The van der Waals surface area contributed by atoms with Crippen LogP contribution in [0.3, 0.4) is 0 Å². The Balaban J connectivity index is 2.18. The maximum atomic E-state index is 13.9. The molecule has 0 bridgehead atoms. The van der Waals surface area contributed by atoms with E-state index < -0.39 is 41.3 Å². The summed E-state index contributed by atoms with van der Waals surface area (Å²) in [5.41, 5.74) is -0.548. The summed E-state index contributed by atoms with van der Waals surface area (Å²) in [6.45, 7) is 6.11. The number of nitrogens with one attached hydrogen (secondary N) is 1. The number of piperidine rings is 1. The molecule has 2 rings (SSSR count). The average Bonchev–Trinajstić information content (AvgIpc) is 2.70. The zero-order chi connectivity index (χ0) is 23.2. The normalized spacial score (nSPS) is 17.8. The smallest absolute Gasteiger partial charge is 0.410 e. The minimum absolute atomic E-state index is 0.0172. The molecule has 0 unspecified atom stereocenters. The summed E-state index contributed by atoms with van der Waals surface area (Å²) in [6, 6.07) is 1.78. The van der Waals surface area contributed by atoms with E-state index in [1.165, 1.54) is 12.0 Å². The summed E-state index contributed by atoms with van der Waals surface area (Å²) in [5, 5.41) is 2.45. The van der Waals surface area contributed by atoms with E-state index in [4.69, 9.17) is 9.47 Å². The van der Waals surface area contributed by atoms with E-state index in [1.54, 1.807) is 20.8 Å². The summed E-state index contributed by atoms with van der Waals surface area (Å²) in [6.07, 6.45) is -0.701. The van der Waals surface area contributed by atoms with Crippen LogP contribution in [0.25, 0.3) is 0 Å². The molecule has 1 aliphatic rings. The van der Waals surface area contributed by atoms with Crippen LogP contribution in [0.15, 0.2) is 12.1 Å². The van der Waals surface area contributed by atoms with Gasteiger partial charge in [0, 0.05) is 25.6 Å². The topological polar surface area (TPSA) is 77.1 Å². The van der Waals surface area contributed by atoms with E-state index in [-0.39, 0.29) is 31.2 Å². The van der Waals surface area contributed by atoms with E-state index in [0.717, 1.165) is 12.1 Å². The van der Waals surface area contributed by atoms with Crippen molar-refractivity contribution in [1.29, 1.82) is 0 Å². The van der Waals surface area contributed by atoms with Crippen LogP contribution in [0.1, 0.15) is 45.3 Å². The maximum absolute atomic E-state index is 13.9. The number of methoxy groups -OCH3 is 1. The van der Waals surface area contributed by atoms with Crippen molar-refractivity contribution >= 4 is 12.2 Å². The lowest BCUT2D eigenvalue weighted by molar-refractivity contribution is -0.0248. The van der Waals surface area contributed by atoms with Crippen molar-refractivity contribution < 1.29 is 37.0 Å². The van der Waals surface area contributed by atoms with Gasteiger partial charge in [0.2, 0.25) is 0 Å². The van der Waals surface area contributed by atoms with E-state index >= 15 is 0 Å². The monoisotopic (exact) mass is 446 g/mol. The number of rotatable bonds is 6. The van der Waals surface area contributed by atoms with E-state index in [9.17, 15) is 22.8 Å². The molecular weight excluding hydrogens is 417 g/mol. The first-order valence-corrected chi connectivity index (χ1v) is 10.1. The van der Waals surface area contributed by atoms with E-state index in [2.05, 4.69) is 10.1 Å². The van der Waals surface area contributed by atoms with Crippen molar-refractivity contribution in [3.05, 3.63) is 35.1 Å². The number of hydrogen-bond acceptors (Lipinski definition) is 5. The van der Waals surface area contributed by atoms with Crippen LogP contribution >= 0.6 is 0 Å². The third kappa shape index (κ3) is 7.30. The molecule has 1 saturated heterocycles. The van der Waals surface area contributed by atoms with Crippen LogP contribution < -0.4 is 5.32 Å². The highest BCUT2D eigenvalue weighted by atomic mass is 19.2. The van der Waals surface area contributed by atoms with Crippen LogP contribution in [0, 0.1) is 23.4 Å². The maximum Gasteiger partial charge on any atom is 0.410 e. The van der Waals surface area contributed by atoms with Gasteiger partial charge < -0.3 is 24.4 Å². The summed E-state index contributed by atoms with van der Waals surface area (Å²) < 4.78 is 56.9. The summed E-state index contributed by atoms with van der Waals surface area (Å²) in [4.78, 5) is 25.2. The highest BCUT2D eigenvalue weighted by Gasteiger charge is 2.34. The van der Waals surface area contributed by atoms with Gasteiger partial charge in [0.25, 0.3) is 0 Å². The highest BCUT2D eigenvalue weighted by Crippen LogP contribution is 2.34. The second kappa shape index (κ2) is 10.7. The lowest BCUT2D eigenvalue weighted by Gasteiger charge is -2.37. The molecule has 1 aromatic carbocycles. The largest absolute Gasteiger partial charge is 0.453 e. The molecule has 7 nitrogen and oxygen atoms in total. The van der Waals surface area contributed by atoms with Gasteiger partial charge in [-0.05, 0) is 51.3 Å². The molecule has 31 heavy (non-hydrogen) atoms. The number of hydrogen-bond donors (Lipinski definition) is 1. The van der Waals surface area contributed by atoms with Crippen LogP contribution in [0.4, 0.5) is 22.8 Å².